The number of nitrogens with two attached hydrogens (primary N) is 1. The van der Waals surface area contributed by atoms with E-state index in [0.29, 0.717) is 0 Å². The maximum Gasteiger partial charge on any atom is 0.160 e. The van der Waals surface area contributed by atoms with E-state index in [4.69, 9.17) is 5.73 Å². The normalized spacial score (nSPS) is 16.8. The maximum absolute atomic E-state index is 10.1. The average Bonchev–Trinajstić information content (AvgIpc) is 2.74. The zero-order valence-electron chi connectivity index (χ0n) is 18.2. The van der Waals surface area contributed by atoms with Gasteiger partial charge in [0.05, 0.1) is 0 Å². The second kappa shape index (κ2) is 16.7. The van der Waals surface area contributed by atoms with Crippen LogP contribution < -0.4 is 11.1 Å². The van der Waals surface area contributed by atoms with E-state index >= 15 is 0 Å². The molecular formula is C23H36Cl3N3O2S. The molecule has 0 amide bonds. The number of aromatic nitrogens is 1. The van der Waals surface area contributed by atoms with E-state index in [9.17, 15) is 10.2 Å². The highest BCUT2D eigenvalue weighted by atomic mass is 35.5. The first-order valence-electron chi connectivity index (χ1n) is 10.7. The van der Waals surface area contributed by atoms with Crippen molar-refractivity contribution in [3.05, 3.63) is 47.8 Å². The molecule has 1 aromatic heterocycles. The highest BCUT2D eigenvalue weighted by Crippen LogP contribution is 2.42. The van der Waals surface area contributed by atoms with Gasteiger partial charge in [-0.3, -0.25) is 4.98 Å². The number of nitrogens with zero attached hydrogens (tertiary/aromatic N) is 1. The van der Waals surface area contributed by atoms with Crippen LogP contribution in [0.2, 0.25) is 0 Å². The van der Waals surface area contributed by atoms with Gasteiger partial charge in [-0.25, -0.2) is 0 Å². The Hall–Kier alpha value is -0.890. The number of rotatable bonds is 11. The monoisotopic (exact) mass is 523 g/mol. The Kier molecular flexibility index (Phi) is 16.2. The van der Waals surface area contributed by atoms with Crippen molar-refractivity contribution >= 4 is 49.0 Å². The summed E-state index contributed by atoms with van der Waals surface area (Å²) in [5, 5.41) is 23.4. The van der Waals surface area contributed by atoms with Crippen molar-refractivity contribution in [3.63, 3.8) is 0 Å². The van der Waals surface area contributed by atoms with Gasteiger partial charge in [0.2, 0.25) is 0 Å². The van der Waals surface area contributed by atoms with Crippen molar-refractivity contribution in [1.82, 2.24) is 10.3 Å². The summed E-state index contributed by atoms with van der Waals surface area (Å²) in [5.41, 5.74) is 8.40. The molecule has 3 rings (SSSR count). The Balaban J connectivity index is 0.00000320. The number of phenols is 2. The predicted octanol–water partition coefficient (Wildman–Crippen LogP) is 5.45. The minimum atomic E-state index is -0.0235. The lowest BCUT2D eigenvalue weighted by Gasteiger charge is -2.32. The number of thioether (sulfide) groups is 1. The molecule has 2 aromatic rings. The second-order valence-corrected chi connectivity index (χ2v) is 8.96. The van der Waals surface area contributed by atoms with Gasteiger partial charge in [0.1, 0.15) is 0 Å². The van der Waals surface area contributed by atoms with Crippen molar-refractivity contribution in [2.24, 2.45) is 5.73 Å². The van der Waals surface area contributed by atoms with Crippen molar-refractivity contribution in [3.8, 4) is 11.5 Å². The molecule has 1 aliphatic rings. The first-order chi connectivity index (χ1) is 14.2. The minimum absolute atomic E-state index is 0. The third-order valence-corrected chi connectivity index (χ3v) is 6.77. The SMILES string of the molecule is Cl.Cl.Cl.NC1CCc2c(ccc(O)c2O)C1CCCCCCNCCSc1ccncc1. The van der Waals surface area contributed by atoms with Crippen molar-refractivity contribution in [2.75, 3.05) is 18.8 Å². The molecule has 2 atom stereocenters. The van der Waals surface area contributed by atoms with E-state index in [0.717, 1.165) is 55.7 Å². The van der Waals surface area contributed by atoms with Crippen LogP contribution in [0.25, 0.3) is 0 Å². The van der Waals surface area contributed by atoms with Crippen LogP contribution in [0.1, 0.15) is 55.6 Å². The molecule has 0 saturated carbocycles. The molecule has 0 fully saturated rings. The number of pyridine rings is 1. The first kappa shape index (κ1) is 31.1. The quantitative estimate of drug-likeness (QED) is 0.178. The number of aromatic hydroxyl groups is 2. The van der Waals surface area contributed by atoms with Gasteiger partial charge in [-0.15, -0.1) is 49.0 Å². The van der Waals surface area contributed by atoms with Crippen molar-refractivity contribution in [2.45, 2.75) is 61.8 Å². The minimum Gasteiger partial charge on any atom is -0.504 e. The number of unbranched alkanes of at least 4 members (excludes halogenated alkanes) is 3. The maximum atomic E-state index is 10.1. The lowest BCUT2D eigenvalue weighted by Crippen LogP contribution is -2.33. The van der Waals surface area contributed by atoms with E-state index in [-0.39, 0.29) is 60.7 Å². The Bertz CT molecular complexity index is 772. The average molecular weight is 525 g/mol. The van der Waals surface area contributed by atoms with Crippen molar-refractivity contribution in [1.29, 1.82) is 0 Å². The van der Waals surface area contributed by atoms with Crippen LogP contribution in [-0.4, -0.2) is 40.1 Å². The van der Waals surface area contributed by atoms with E-state index in [1.54, 1.807) is 6.07 Å². The second-order valence-electron chi connectivity index (χ2n) is 7.79. The smallest absolute Gasteiger partial charge is 0.160 e. The molecule has 0 aliphatic heterocycles. The fraction of sp³-hybridized carbons (Fsp3) is 0.522. The van der Waals surface area contributed by atoms with E-state index < -0.39 is 0 Å². The number of fused-ring (bicyclic) bond motifs is 1. The van der Waals surface area contributed by atoms with Gasteiger partial charge in [0.25, 0.3) is 0 Å². The summed E-state index contributed by atoms with van der Waals surface area (Å²) >= 11 is 1.86. The summed E-state index contributed by atoms with van der Waals surface area (Å²) in [6.07, 6.45) is 11.1. The van der Waals surface area contributed by atoms with Crippen LogP contribution in [0.3, 0.4) is 0 Å². The predicted molar refractivity (Wildman–Crippen MR) is 141 cm³/mol. The standard InChI is InChI=1S/C23H33N3O2S.3ClH/c24-21-8-6-20-18(7-9-22(27)23(20)28)19(21)5-3-1-2-4-12-25-15-16-29-17-10-13-26-14-11-17;;;/h7,9-11,13-14,19,21,25,27-28H,1-6,8,12,15-16,24H2;3*1H. The van der Waals surface area contributed by atoms with Gasteiger partial charge in [0.15, 0.2) is 11.5 Å². The zero-order chi connectivity index (χ0) is 20.5. The molecule has 1 heterocycles. The third-order valence-electron chi connectivity index (χ3n) is 5.76. The number of benzene rings is 1. The molecule has 0 bridgehead atoms. The van der Waals surface area contributed by atoms with Gasteiger partial charge < -0.3 is 21.3 Å². The molecule has 32 heavy (non-hydrogen) atoms. The lowest BCUT2D eigenvalue weighted by atomic mass is 9.76. The van der Waals surface area contributed by atoms with E-state index in [2.05, 4.69) is 10.3 Å². The third kappa shape index (κ3) is 9.16. The van der Waals surface area contributed by atoms with Gasteiger partial charge in [-0.05, 0) is 61.9 Å². The number of halogens is 3. The van der Waals surface area contributed by atoms with Gasteiger partial charge >= 0.3 is 0 Å². The Labute approximate surface area is 214 Å². The zero-order valence-corrected chi connectivity index (χ0v) is 21.5. The Morgan fingerprint density at radius 2 is 1.69 bits per heavy atom. The number of phenolic OH excluding ortho intramolecular Hbond substituents is 2. The molecule has 0 radical (unpaired) electrons. The number of hydrogen-bond acceptors (Lipinski definition) is 6. The highest BCUT2D eigenvalue weighted by molar-refractivity contribution is 7.99. The molecule has 5 N–H and O–H groups in total. The lowest BCUT2D eigenvalue weighted by molar-refractivity contribution is 0.380. The van der Waals surface area contributed by atoms with Crippen LogP contribution in [0.4, 0.5) is 0 Å². The molecular weight excluding hydrogens is 489 g/mol. The fourth-order valence-electron chi connectivity index (χ4n) is 4.13. The van der Waals surface area contributed by atoms with Gasteiger partial charge in [-0.2, -0.15) is 0 Å². The number of hydrogen-bond donors (Lipinski definition) is 4. The van der Waals surface area contributed by atoms with Crippen LogP contribution in [0.15, 0.2) is 41.6 Å². The summed E-state index contributed by atoms with van der Waals surface area (Å²) in [6, 6.07) is 7.78. The summed E-state index contributed by atoms with van der Waals surface area (Å²) in [5.74, 6) is 1.39. The molecule has 1 aliphatic carbocycles. The van der Waals surface area contributed by atoms with Gasteiger partial charge in [-0.1, -0.05) is 25.3 Å². The van der Waals surface area contributed by atoms with Crippen molar-refractivity contribution < 1.29 is 10.2 Å². The molecule has 2 unspecified atom stereocenters. The van der Waals surface area contributed by atoms with Crippen LogP contribution >= 0.6 is 49.0 Å². The van der Waals surface area contributed by atoms with Crippen LogP contribution in [0, 0.1) is 0 Å². The Morgan fingerprint density at radius 3 is 2.44 bits per heavy atom. The molecule has 9 heteroatoms. The first-order valence-corrected chi connectivity index (χ1v) is 11.7. The Morgan fingerprint density at radius 1 is 0.969 bits per heavy atom. The fourth-order valence-corrected chi connectivity index (χ4v) is 4.93. The highest BCUT2D eigenvalue weighted by Gasteiger charge is 2.29. The largest absolute Gasteiger partial charge is 0.504 e. The topological polar surface area (TPSA) is 91.4 Å². The summed E-state index contributed by atoms with van der Waals surface area (Å²) < 4.78 is 0. The molecule has 182 valence electrons. The molecule has 5 nitrogen and oxygen atoms in total. The van der Waals surface area contributed by atoms with E-state index in [1.165, 1.54) is 24.2 Å². The summed E-state index contributed by atoms with van der Waals surface area (Å²) in [4.78, 5) is 5.30. The van der Waals surface area contributed by atoms with E-state index in [1.807, 2.05) is 42.4 Å². The van der Waals surface area contributed by atoms with Gasteiger partial charge in [0, 0.05) is 41.2 Å². The van der Waals surface area contributed by atoms with Crippen LogP contribution in [-0.2, 0) is 6.42 Å². The number of nitrogens with one attached hydrogen (secondary N) is 1. The molecule has 1 aromatic carbocycles. The van der Waals surface area contributed by atoms with Crippen LogP contribution in [0.5, 0.6) is 11.5 Å². The summed E-state index contributed by atoms with van der Waals surface area (Å²) in [7, 11) is 0. The summed E-state index contributed by atoms with van der Waals surface area (Å²) in [6.45, 7) is 2.09. The molecule has 0 spiro atoms. The molecule has 0 saturated heterocycles.